The molecular weight excluding hydrogens is 416 g/mol. The van der Waals surface area contributed by atoms with Gasteiger partial charge in [-0.1, -0.05) is 11.3 Å². The minimum absolute atomic E-state index is 0.0938. The maximum Gasteiger partial charge on any atom is 0.265 e. The van der Waals surface area contributed by atoms with Gasteiger partial charge < -0.3 is 15.1 Å². The van der Waals surface area contributed by atoms with Crippen LogP contribution in [0.25, 0.3) is 5.82 Å². The number of nitrogens with one attached hydrogen (secondary N) is 1. The predicted octanol–water partition coefficient (Wildman–Crippen LogP) is 1.98. The van der Waals surface area contributed by atoms with Gasteiger partial charge >= 0.3 is 0 Å². The van der Waals surface area contributed by atoms with Gasteiger partial charge in [0.2, 0.25) is 5.91 Å². The van der Waals surface area contributed by atoms with E-state index in [9.17, 15) is 9.59 Å². The first-order valence-electron chi connectivity index (χ1n) is 9.99. The molecular formula is C20H24N8O2S. The molecule has 1 N–H and O–H groups in total. The molecule has 4 rings (SSSR count). The van der Waals surface area contributed by atoms with Crippen LogP contribution < -0.4 is 10.2 Å². The van der Waals surface area contributed by atoms with Gasteiger partial charge in [0.25, 0.3) is 5.91 Å². The first-order chi connectivity index (χ1) is 14.9. The highest BCUT2D eigenvalue weighted by molar-refractivity contribution is 7.17. The zero-order chi connectivity index (χ0) is 22.0. The first-order valence-corrected chi connectivity index (χ1v) is 10.8. The molecule has 0 unspecified atom stereocenters. The van der Waals surface area contributed by atoms with Crippen molar-refractivity contribution in [3.05, 3.63) is 41.4 Å². The number of nitrogens with zero attached hydrogens (tertiary/aromatic N) is 7. The monoisotopic (exact) mass is 440 g/mol. The summed E-state index contributed by atoms with van der Waals surface area (Å²) in [6.07, 6.45) is 6.69. The number of rotatable bonds is 5. The number of piperidine rings is 1. The lowest BCUT2D eigenvalue weighted by atomic mass is 9.97. The Bertz CT molecular complexity index is 1080. The molecule has 0 radical (unpaired) electrons. The fourth-order valence-corrected chi connectivity index (χ4v) is 4.49. The van der Waals surface area contributed by atoms with Gasteiger partial charge in [-0.3, -0.25) is 9.59 Å². The fraction of sp³-hybridized carbons (Fsp3) is 0.400. The largest absolute Gasteiger partial charge is 0.356 e. The highest BCUT2D eigenvalue weighted by atomic mass is 32.1. The number of anilines is 2. The Morgan fingerprint density at radius 3 is 2.81 bits per heavy atom. The van der Waals surface area contributed by atoms with Gasteiger partial charge in [-0.05, 0) is 25.8 Å². The molecule has 1 saturated heterocycles. The fourth-order valence-electron chi connectivity index (χ4n) is 3.50. The van der Waals surface area contributed by atoms with Crippen LogP contribution in [-0.4, -0.2) is 68.6 Å². The van der Waals surface area contributed by atoms with E-state index in [4.69, 9.17) is 0 Å². The van der Waals surface area contributed by atoms with Crippen molar-refractivity contribution in [1.29, 1.82) is 0 Å². The van der Waals surface area contributed by atoms with E-state index in [0.717, 1.165) is 25.2 Å². The van der Waals surface area contributed by atoms with Crippen LogP contribution in [0.2, 0.25) is 0 Å². The molecule has 0 spiro atoms. The van der Waals surface area contributed by atoms with Gasteiger partial charge in [0.15, 0.2) is 10.9 Å². The maximum absolute atomic E-state index is 12.9. The van der Waals surface area contributed by atoms with Crippen LogP contribution in [0.15, 0.2) is 30.9 Å². The highest BCUT2D eigenvalue weighted by Gasteiger charge is 2.28. The van der Waals surface area contributed by atoms with Crippen molar-refractivity contribution in [1.82, 2.24) is 29.6 Å². The molecule has 1 atom stereocenters. The second-order valence-electron chi connectivity index (χ2n) is 7.59. The van der Waals surface area contributed by atoms with Crippen LogP contribution in [-0.2, 0) is 4.79 Å². The molecule has 0 saturated carbocycles. The maximum atomic E-state index is 12.9. The van der Waals surface area contributed by atoms with Gasteiger partial charge in [0.05, 0.1) is 11.6 Å². The summed E-state index contributed by atoms with van der Waals surface area (Å²) in [6.45, 7) is 3.14. The number of hydrogen-bond donors (Lipinski definition) is 1. The van der Waals surface area contributed by atoms with Crippen molar-refractivity contribution in [2.75, 3.05) is 37.4 Å². The zero-order valence-electron chi connectivity index (χ0n) is 17.6. The summed E-state index contributed by atoms with van der Waals surface area (Å²) in [5.74, 6) is 1.04. The van der Waals surface area contributed by atoms with E-state index >= 15 is 0 Å². The summed E-state index contributed by atoms with van der Waals surface area (Å²) in [6, 6.07) is 3.71. The molecule has 4 heterocycles. The van der Waals surface area contributed by atoms with Crippen LogP contribution in [0.1, 0.15) is 28.2 Å². The first kappa shape index (κ1) is 20.9. The molecule has 2 amide bonds. The van der Waals surface area contributed by atoms with E-state index in [1.807, 2.05) is 18.3 Å². The van der Waals surface area contributed by atoms with Crippen molar-refractivity contribution in [3.8, 4) is 5.82 Å². The SMILES string of the molecule is Cc1nc(NC(=O)[C@H]2CCCN(c3cc(-n4cccn4)ncn3)C2)sc1C(=O)N(C)C. The summed E-state index contributed by atoms with van der Waals surface area (Å²) < 4.78 is 1.68. The van der Waals surface area contributed by atoms with Crippen LogP contribution in [0.4, 0.5) is 10.9 Å². The van der Waals surface area contributed by atoms with Gasteiger partial charge in [-0.2, -0.15) is 5.10 Å². The highest BCUT2D eigenvalue weighted by Crippen LogP contribution is 2.27. The molecule has 3 aromatic rings. The van der Waals surface area contributed by atoms with Crippen LogP contribution in [0.3, 0.4) is 0 Å². The Morgan fingerprint density at radius 2 is 2.06 bits per heavy atom. The smallest absolute Gasteiger partial charge is 0.265 e. The Labute approximate surface area is 183 Å². The van der Waals surface area contributed by atoms with E-state index in [-0.39, 0.29) is 17.7 Å². The van der Waals surface area contributed by atoms with E-state index in [0.29, 0.717) is 28.1 Å². The summed E-state index contributed by atoms with van der Waals surface area (Å²) in [7, 11) is 3.39. The molecule has 11 heteroatoms. The molecule has 0 aromatic carbocycles. The Balaban J connectivity index is 1.44. The molecule has 1 fully saturated rings. The van der Waals surface area contributed by atoms with Crippen molar-refractivity contribution in [3.63, 3.8) is 0 Å². The van der Waals surface area contributed by atoms with Gasteiger partial charge in [0.1, 0.15) is 17.0 Å². The molecule has 31 heavy (non-hydrogen) atoms. The van der Waals surface area contributed by atoms with E-state index in [1.54, 1.807) is 31.9 Å². The summed E-state index contributed by atoms with van der Waals surface area (Å²) in [5, 5.41) is 7.55. The van der Waals surface area contributed by atoms with Crippen molar-refractivity contribution in [2.24, 2.45) is 5.92 Å². The van der Waals surface area contributed by atoms with E-state index in [2.05, 4.69) is 30.3 Å². The number of carbonyl (C=O) groups excluding carboxylic acids is 2. The summed E-state index contributed by atoms with van der Waals surface area (Å²) in [5.41, 5.74) is 0.622. The van der Waals surface area contributed by atoms with Crippen molar-refractivity contribution in [2.45, 2.75) is 19.8 Å². The lowest BCUT2D eigenvalue weighted by molar-refractivity contribution is -0.120. The normalized spacial score (nSPS) is 16.2. The third kappa shape index (κ3) is 4.55. The van der Waals surface area contributed by atoms with E-state index < -0.39 is 0 Å². The topological polar surface area (TPSA) is 109 Å². The molecule has 10 nitrogen and oxygen atoms in total. The number of aryl methyl sites for hydroxylation is 1. The number of carbonyl (C=O) groups is 2. The van der Waals surface area contributed by atoms with Gasteiger partial charge in [-0.15, -0.1) is 0 Å². The molecule has 3 aromatic heterocycles. The Kier molecular flexibility index (Phi) is 5.94. The van der Waals surface area contributed by atoms with Crippen LogP contribution in [0, 0.1) is 12.8 Å². The second kappa shape index (κ2) is 8.80. The average molecular weight is 441 g/mol. The zero-order valence-corrected chi connectivity index (χ0v) is 18.5. The number of thiazole rings is 1. The van der Waals surface area contributed by atoms with Gasteiger partial charge in [0, 0.05) is 45.6 Å². The number of amides is 2. The van der Waals surface area contributed by atoms with Crippen LogP contribution >= 0.6 is 11.3 Å². The van der Waals surface area contributed by atoms with Crippen molar-refractivity contribution < 1.29 is 9.59 Å². The second-order valence-corrected chi connectivity index (χ2v) is 8.59. The third-order valence-corrected chi connectivity index (χ3v) is 6.18. The quantitative estimate of drug-likeness (QED) is 0.646. The summed E-state index contributed by atoms with van der Waals surface area (Å²) in [4.78, 5) is 42.3. The van der Waals surface area contributed by atoms with Crippen LogP contribution in [0.5, 0.6) is 0 Å². The van der Waals surface area contributed by atoms with Gasteiger partial charge in [-0.25, -0.2) is 19.6 Å². The minimum Gasteiger partial charge on any atom is -0.356 e. The van der Waals surface area contributed by atoms with E-state index in [1.165, 1.54) is 22.6 Å². The lowest BCUT2D eigenvalue weighted by Crippen LogP contribution is -2.41. The minimum atomic E-state index is -0.200. The molecule has 1 aliphatic heterocycles. The Hall–Kier alpha value is -3.34. The molecule has 0 bridgehead atoms. The predicted molar refractivity (Wildman–Crippen MR) is 118 cm³/mol. The lowest BCUT2D eigenvalue weighted by Gasteiger charge is -2.32. The molecule has 162 valence electrons. The molecule has 0 aliphatic carbocycles. The Morgan fingerprint density at radius 1 is 1.26 bits per heavy atom. The standard InChI is InChI=1S/C20H24N8O2S/c1-13-17(19(30)26(2)3)31-20(24-13)25-18(29)14-6-4-8-27(11-14)15-10-16(22-12-21-15)28-9-5-7-23-28/h5,7,9-10,12,14H,4,6,8,11H2,1-3H3,(H,24,25,29)/t14-/m0/s1. The number of aromatic nitrogens is 5. The number of hydrogen-bond acceptors (Lipinski definition) is 8. The summed E-state index contributed by atoms with van der Waals surface area (Å²) >= 11 is 1.21. The van der Waals surface area contributed by atoms with Crippen molar-refractivity contribution >= 4 is 34.1 Å². The average Bonchev–Trinajstić information content (AvgIpc) is 3.43. The third-order valence-electron chi connectivity index (χ3n) is 5.12. The molecule has 1 aliphatic rings.